The fourth-order valence-corrected chi connectivity index (χ4v) is 2.14. The number of hydrogen-bond donors (Lipinski definition) is 2. The molecule has 1 heterocycles. The van der Waals surface area contributed by atoms with E-state index in [1.807, 2.05) is 25.1 Å². The summed E-state index contributed by atoms with van der Waals surface area (Å²) in [6.07, 6.45) is 2.17. The highest BCUT2D eigenvalue weighted by Gasteiger charge is 2.30. The summed E-state index contributed by atoms with van der Waals surface area (Å²) in [5.74, 6) is -0.390. The molecule has 0 aromatic heterocycles. The molecular formula is C14H18N2O2. The maximum Gasteiger partial charge on any atom is 0.244 e. The molecule has 4 nitrogen and oxygen atoms in total. The Hall–Kier alpha value is -1.68. The lowest BCUT2D eigenvalue weighted by Gasteiger charge is -2.16. The van der Waals surface area contributed by atoms with Crippen molar-refractivity contribution in [3.05, 3.63) is 35.9 Å². The maximum absolute atomic E-state index is 11.4. The molecule has 0 bridgehead atoms. The van der Waals surface area contributed by atoms with Crippen LogP contribution in [0.5, 0.6) is 0 Å². The van der Waals surface area contributed by atoms with E-state index in [2.05, 4.69) is 22.8 Å². The van der Waals surface area contributed by atoms with Gasteiger partial charge in [-0.3, -0.25) is 14.9 Å². The summed E-state index contributed by atoms with van der Waals surface area (Å²) in [5.41, 5.74) is 1.29. The van der Waals surface area contributed by atoms with Gasteiger partial charge in [-0.15, -0.1) is 0 Å². The van der Waals surface area contributed by atoms with Crippen LogP contribution in [0.2, 0.25) is 0 Å². The fourth-order valence-electron chi connectivity index (χ4n) is 2.14. The van der Waals surface area contributed by atoms with Crippen LogP contribution in [0.4, 0.5) is 0 Å². The van der Waals surface area contributed by atoms with Crippen molar-refractivity contribution in [1.82, 2.24) is 10.6 Å². The summed E-state index contributed by atoms with van der Waals surface area (Å²) in [5, 5.41) is 5.50. The molecule has 1 aliphatic heterocycles. The Kier molecular flexibility index (Phi) is 4.10. The summed E-state index contributed by atoms with van der Waals surface area (Å²) in [4.78, 5) is 22.5. The third-order valence-electron chi connectivity index (χ3n) is 3.16. The van der Waals surface area contributed by atoms with Crippen LogP contribution < -0.4 is 10.6 Å². The second-order valence-electron chi connectivity index (χ2n) is 4.76. The predicted molar refractivity (Wildman–Crippen MR) is 68.9 cm³/mol. The first-order valence-electron chi connectivity index (χ1n) is 6.29. The van der Waals surface area contributed by atoms with Gasteiger partial charge in [0.1, 0.15) is 0 Å². The van der Waals surface area contributed by atoms with Crippen LogP contribution in [-0.4, -0.2) is 23.9 Å². The Balaban J connectivity index is 1.77. The maximum atomic E-state index is 11.4. The van der Waals surface area contributed by atoms with E-state index in [4.69, 9.17) is 0 Å². The number of carbonyl (C=O) groups is 2. The highest BCUT2D eigenvalue weighted by molar-refractivity contribution is 6.05. The Morgan fingerprint density at radius 2 is 2.06 bits per heavy atom. The molecule has 1 aliphatic rings. The molecule has 0 radical (unpaired) electrons. The number of benzene rings is 1. The third kappa shape index (κ3) is 3.40. The molecule has 2 atom stereocenters. The standard InChI is InChI=1S/C14H18N2O2/c1-10(7-8-11-5-3-2-4-6-11)15-12-9-13(17)16-14(12)18/h2-6,10,12,15H,7-9H2,1H3,(H,16,17,18). The van der Waals surface area contributed by atoms with E-state index >= 15 is 0 Å². The van der Waals surface area contributed by atoms with E-state index in [0.717, 1.165) is 12.8 Å². The van der Waals surface area contributed by atoms with Crippen LogP contribution >= 0.6 is 0 Å². The summed E-state index contributed by atoms with van der Waals surface area (Å²) in [6.45, 7) is 2.04. The molecule has 18 heavy (non-hydrogen) atoms. The van der Waals surface area contributed by atoms with Crippen LogP contribution in [0.15, 0.2) is 30.3 Å². The van der Waals surface area contributed by atoms with Crippen molar-refractivity contribution in [2.24, 2.45) is 0 Å². The van der Waals surface area contributed by atoms with E-state index in [1.165, 1.54) is 5.56 Å². The molecule has 4 heteroatoms. The van der Waals surface area contributed by atoms with Crippen molar-refractivity contribution in [3.63, 3.8) is 0 Å². The molecule has 96 valence electrons. The van der Waals surface area contributed by atoms with Crippen LogP contribution in [0, 0.1) is 0 Å². The summed E-state index contributed by atoms with van der Waals surface area (Å²) >= 11 is 0. The van der Waals surface area contributed by atoms with E-state index in [-0.39, 0.29) is 30.3 Å². The second-order valence-corrected chi connectivity index (χ2v) is 4.76. The lowest BCUT2D eigenvalue weighted by Crippen LogP contribution is -2.41. The first-order valence-corrected chi connectivity index (χ1v) is 6.29. The van der Waals surface area contributed by atoms with E-state index in [1.54, 1.807) is 0 Å². The molecule has 0 aliphatic carbocycles. The number of nitrogens with one attached hydrogen (secondary N) is 2. The van der Waals surface area contributed by atoms with Gasteiger partial charge in [0, 0.05) is 6.04 Å². The Bertz CT molecular complexity index is 431. The summed E-state index contributed by atoms with van der Waals surface area (Å²) in [6, 6.07) is 10.1. The van der Waals surface area contributed by atoms with Gasteiger partial charge in [0.05, 0.1) is 12.5 Å². The Morgan fingerprint density at radius 1 is 1.33 bits per heavy atom. The zero-order valence-electron chi connectivity index (χ0n) is 10.5. The zero-order valence-corrected chi connectivity index (χ0v) is 10.5. The topological polar surface area (TPSA) is 58.2 Å². The van der Waals surface area contributed by atoms with Crippen molar-refractivity contribution in [1.29, 1.82) is 0 Å². The molecule has 1 saturated heterocycles. The normalized spacial score (nSPS) is 20.8. The van der Waals surface area contributed by atoms with Gasteiger partial charge in [-0.05, 0) is 25.3 Å². The van der Waals surface area contributed by atoms with Crippen molar-refractivity contribution >= 4 is 11.8 Å². The third-order valence-corrected chi connectivity index (χ3v) is 3.16. The van der Waals surface area contributed by atoms with Gasteiger partial charge in [-0.2, -0.15) is 0 Å². The van der Waals surface area contributed by atoms with Crippen LogP contribution in [0.1, 0.15) is 25.3 Å². The highest BCUT2D eigenvalue weighted by Crippen LogP contribution is 2.08. The number of carbonyl (C=O) groups excluding carboxylic acids is 2. The number of imide groups is 1. The Labute approximate surface area is 107 Å². The molecule has 0 spiro atoms. The second kappa shape index (κ2) is 5.78. The van der Waals surface area contributed by atoms with Crippen molar-refractivity contribution in [2.75, 3.05) is 0 Å². The molecule has 2 unspecified atom stereocenters. The highest BCUT2D eigenvalue weighted by atomic mass is 16.2. The fraction of sp³-hybridized carbons (Fsp3) is 0.429. The number of amides is 2. The predicted octanol–water partition coefficient (Wildman–Crippen LogP) is 1.01. The SMILES string of the molecule is CC(CCc1ccccc1)NC1CC(=O)NC1=O. The summed E-state index contributed by atoms with van der Waals surface area (Å²) < 4.78 is 0. The first kappa shape index (κ1) is 12.8. The van der Waals surface area contributed by atoms with Gasteiger partial charge in [0.25, 0.3) is 0 Å². The molecule has 1 aromatic carbocycles. The zero-order chi connectivity index (χ0) is 13.0. The minimum Gasteiger partial charge on any atom is -0.303 e. The van der Waals surface area contributed by atoms with E-state index in [0.29, 0.717) is 0 Å². The van der Waals surface area contributed by atoms with Gasteiger partial charge < -0.3 is 5.32 Å². The molecule has 0 saturated carbocycles. The van der Waals surface area contributed by atoms with Gasteiger partial charge in [0.2, 0.25) is 11.8 Å². The average molecular weight is 246 g/mol. The van der Waals surface area contributed by atoms with Crippen molar-refractivity contribution in [3.8, 4) is 0 Å². The molecule has 1 aromatic rings. The number of rotatable bonds is 5. The van der Waals surface area contributed by atoms with E-state index < -0.39 is 0 Å². The first-order chi connectivity index (χ1) is 8.65. The summed E-state index contributed by atoms with van der Waals surface area (Å²) in [7, 11) is 0. The lowest BCUT2D eigenvalue weighted by atomic mass is 10.1. The van der Waals surface area contributed by atoms with Crippen molar-refractivity contribution in [2.45, 2.75) is 38.3 Å². The molecule has 2 N–H and O–H groups in total. The smallest absolute Gasteiger partial charge is 0.244 e. The quantitative estimate of drug-likeness (QED) is 0.762. The molecular weight excluding hydrogens is 228 g/mol. The van der Waals surface area contributed by atoms with Crippen LogP contribution in [-0.2, 0) is 16.0 Å². The number of hydrogen-bond acceptors (Lipinski definition) is 3. The van der Waals surface area contributed by atoms with E-state index in [9.17, 15) is 9.59 Å². The van der Waals surface area contributed by atoms with Crippen LogP contribution in [0.3, 0.4) is 0 Å². The molecule has 2 amide bonds. The largest absolute Gasteiger partial charge is 0.303 e. The van der Waals surface area contributed by atoms with Gasteiger partial charge in [-0.1, -0.05) is 30.3 Å². The minimum absolute atomic E-state index is 0.187. The van der Waals surface area contributed by atoms with Crippen molar-refractivity contribution < 1.29 is 9.59 Å². The van der Waals surface area contributed by atoms with Crippen LogP contribution in [0.25, 0.3) is 0 Å². The monoisotopic (exact) mass is 246 g/mol. The van der Waals surface area contributed by atoms with Gasteiger partial charge in [-0.25, -0.2) is 0 Å². The van der Waals surface area contributed by atoms with Gasteiger partial charge >= 0.3 is 0 Å². The Morgan fingerprint density at radius 3 is 2.67 bits per heavy atom. The lowest BCUT2D eigenvalue weighted by molar-refractivity contribution is -0.125. The molecule has 1 fully saturated rings. The van der Waals surface area contributed by atoms with Gasteiger partial charge in [0.15, 0.2) is 0 Å². The minimum atomic E-state index is -0.358. The molecule has 2 rings (SSSR count). The average Bonchev–Trinajstić information content (AvgIpc) is 2.67. The number of aryl methyl sites for hydroxylation is 1.